The van der Waals surface area contributed by atoms with Gasteiger partial charge >= 0.3 is 0 Å². The van der Waals surface area contributed by atoms with Crippen molar-refractivity contribution in [2.75, 3.05) is 5.73 Å². The van der Waals surface area contributed by atoms with Crippen molar-refractivity contribution in [1.82, 2.24) is 4.98 Å². The van der Waals surface area contributed by atoms with Crippen LogP contribution in [0.1, 0.15) is 24.0 Å². The molecule has 2 fully saturated rings. The first-order valence-corrected chi connectivity index (χ1v) is 8.28. The summed E-state index contributed by atoms with van der Waals surface area (Å²) in [5, 5.41) is 31.3. The number of pyridine rings is 1. The monoisotopic (exact) mass is 330 g/mol. The van der Waals surface area contributed by atoms with Crippen LogP contribution in [0.2, 0.25) is 0 Å². The first-order chi connectivity index (χ1) is 11.4. The molecule has 1 aliphatic heterocycles. The highest BCUT2D eigenvalue weighted by molar-refractivity contribution is 5.82. The zero-order valence-electron chi connectivity index (χ0n) is 13.5. The van der Waals surface area contributed by atoms with Gasteiger partial charge in [0.15, 0.2) is 6.29 Å². The van der Waals surface area contributed by atoms with Crippen LogP contribution in [0.15, 0.2) is 24.3 Å². The molecule has 1 aromatic carbocycles. The van der Waals surface area contributed by atoms with Crippen molar-refractivity contribution in [3.05, 3.63) is 35.4 Å². The van der Waals surface area contributed by atoms with Gasteiger partial charge in [0.2, 0.25) is 0 Å². The number of nitrogen functional groups attached to an aromatic ring is 1. The van der Waals surface area contributed by atoms with Gasteiger partial charge in [-0.1, -0.05) is 12.1 Å². The van der Waals surface area contributed by atoms with Gasteiger partial charge in [-0.3, -0.25) is 0 Å². The number of aliphatic hydroxyl groups excluding tert-OH is 2. The number of aromatic nitrogens is 1. The molecular formula is C18H22N2O4. The molecule has 0 amide bonds. The van der Waals surface area contributed by atoms with Crippen molar-refractivity contribution >= 4 is 16.7 Å². The molecule has 1 saturated heterocycles. The Balaban J connectivity index is 1.60. The fraction of sp³-hybridized carbons (Fsp3) is 0.500. The van der Waals surface area contributed by atoms with Crippen LogP contribution in [0.5, 0.6) is 0 Å². The number of nitrogens with two attached hydrogens (primary N) is 1. The first kappa shape index (κ1) is 15.8. The number of anilines is 1. The fourth-order valence-corrected chi connectivity index (χ4v) is 4.11. The van der Waals surface area contributed by atoms with E-state index < -0.39 is 24.1 Å². The van der Waals surface area contributed by atoms with E-state index in [0.717, 1.165) is 28.5 Å². The minimum absolute atomic E-state index is 0.0436. The smallest absolute Gasteiger partial charge is 0.184 e. The van der Waals surface area contributed by atoms with Gasteiger partial charge in [0.05, 0.1) is 11.6 Å². The number of rotatable bonds is 2. The summed E-state index contributed by atoms with van der Waals surface area (Å²) in [4.78, 5) is 4.43. The normalized spacial score (nSPS) is 35.5. The van der Waals surface area contributed by atoms with Crippen LogP contribution in [0.4, 0.5) is 5.82 Å². The second-order valence-corrected chi connectivity index (χ2v) is 7.10. The zero-order valence-corrected chi connectivity index (χ0v) is 13.5. The van der Waals surface area contributed by atoms with E-state index in [4.69, 9.17) is 10.5 Å². The minimum atomic E-state index is -1.35. The molecule has 1 unspecified atom stereocenters. The predicted molar refractivity (Wildman–Crippen MR) is 89.2 cm³/mol. The lowest BCUT2D eigenvalue weighted by Crippen LogP contribution is -2.46. The number of ether oxygens (including phenoxy) is 1. The molecule has 0 radical (unpaired) electrons. The summed E-state index contributed by atoms with van der Waals surface area (Å²) in [6.45, 7) is 1.93. The highest BCUT2D eigenvalue weighted by atomic mass is 16.6. The molecule has 2 heterocycles. The van der Waals surface area contributed by atoms with Gasteiger partial charge in [0, 0.05) is 5.39 Å². The second kappa shape index (κ2) is 5.39. The van der Waals surface area contributed by atoms with E-state index in [0.29, 0.717) is 18.7 Å². The third kappa shape index (κ3) is 2.29. The van der Waals surface area contributed by atoms with Gasteiger partial charge < -0.3 is 25.8 Å². The fourth-order valence-electron chi connectivity index (χ4n) is 4.11. The summed E-state index contributed by atoms with van der Waals surface area (Å²) in [5.74, 6) is 0.572. The number of aliphatic hydroxyl groups is 3. The van der Waals surface area contributed by atoms with E-state index in [2.05, 4.69) is 4.98 Å². The SMILES string of the molecule is Cc1cc2ccc(C[C@@H]3CC[C@@]4(O)[C@@H]3OC(O)[C@@H]4O)cc2nc1N. The van der Waals surface area contributed by atoms with E-state index in [-0.39, 0.29) is 5.92 Å². The van der Waals surface area contributed by atoms with E-state index in [1.54, 1.807) is 0 Å². The minimum Gasteiger partial charge on any atom is -0.385 e. The van der Waals surface area contributed by atoms with Crippen molar-refractivity contribution in [2.45, 2.75) is 50.3 Å². The summed E-state index contributed by atoms with van der Waals surface area (Å²) < 4.78 is 5.43. The lowest BCUT2D eigenvalue weighted by Gasteiger charge is -2.25. The summed E-state index contributed by atoms with van der Waals surface area (Å²) in [5.41, 5.74) is 7.43. The molecule has 5 atom stereocenters. The molecule has 0 bridgehead atoms. The topological polar surface area (TPSA) is 109 Å². The van der Waals surface area contributed by atoms with Crippen molar-refractivity contribution < 1.29 is 20.1 Å². The first-order valence-electron chi connectivity index (χ1n) is 8.28. The van der Waals surface area contributed by atoms with Gasteiger partial charge in [0.25, 0.3) is 0 Å². The number of hydrogen-bond acceptors (Lipinski definition) is 6. The van der Waals surface area contributed by atoms with Crippen LogP contribution in [-0.4, -0.2) is 44.4 Å². The highest BCUT2D eigenvalue weighted by Gasteiger charge is 2.60. The van der Waals surface area contributed by atoms with Crippen LogP contribution in [0.25, 0.3) is 10.9 Å². The maximum absolute atomic E-state index is 10.6. The summed E-state index contributed by atoms with van der Waals surface area (Å²) in [7, 11) is 0. The summed E-state index contributed by atoms with van der Waals surface area (Å²) in [6, 6.07) is 8.08. The van der Waals surface area contributed by atoms with Gasteiger partial charge in [0.1, 0.15) is 17.5 Å². The molecule has 2 aliphatic rings. The molecule has 5 N–H and O–H groups in total. The molecule has 0 spiro atoms. The molecule has 2 aromatic rings. The Bertz CT molecular complexity index is 796. The van der Waals surface area contributed by atoms with Crippen molar-refractivity contribution in [3.63, 3.8) is 0 Å². The third-order valence-corrected chi connectivity index (χ3v) is 5.51. The number of hydrogen-bond donors (Lipinski definition) is 4. The molecule has 6 nitrogen and oxygen atoms in total. The van der Waals surface area contributed by atoms with E-state index in [1.165, 1.54) is 0 Å². The van der Waals surface area contributed by atoms with Crippen LogP contribution >= 0.6 is 0 Å². The Morgan fingerprint density at radius 3 is 2.92 bits per heavy atom. The van der Waals surface area contributed by atoms with Crippen LogP contribution in [-0.2, 0) is 11.2 Å². The standard InChI is InChI=1S/C18H22N2O4/c1-9-6-11-3-2-10(8-13(11)20-16(9)19)7-12-4-5-18(23)14(21)17(22)24-15(12)18/h2-3,6,8,12,14-15,17,21-23H,4-5,7H2,1H3,(H2,19,20)/t12-,14-,15+,17?,18-/m0/s1. The van der Waals surface area contributed by atoms with E-state index in [1.807, 2.05) is 31.2 Å². The number of benzene rings is 1. The van der Waals surface area contributed by atoms with Crippen LogP contribution in [0, 0.1) is 12.8 Å². The maximum atomic E-state index is 10.6. The molecule has 1 aliphatic carbocycles. The number of aryl methyl sites for hydroxylation is 1. The van der Waals surface area contributed by atoms with Crippen molar-refractivity contribution in [3.8, 4) is 0 Å². The Hall–Kier alpha value is -1.73. The highest BCUT2D eigenvalue weighted by Crippen LogP contribution is 2.46. The molecule has 128 valence electrons. The third-order valence-electron chi connectivity index (χ3n) is 5.51. The van der Waals surface area contributed by atoms with Gasteiger partial charge in [-0.15, -0.1) is 0 Å². The Morgan fingerprint density at radius 2 is 2.12 bits per heavy atom. The van der Waals surface area contributed by atoms with Crippen LogP contribution < -0.4 is 5.73 Å². The van der Waals surface area contributed by atoms with Crippen LogP contribution in [0.3, 0.4) is 0 Å². The molecule has 1 aromatic heterocycles. The average molecular weight is 330 g/mol. The lowest BCUT2D eigenvalue weighted by atomic mass is 9.90. The molecular weight excluding hydrogens is 308 g/mol. The Labute approximate surface area is 139 Å². The molecule has 4 rings (SSSR count). The number of nitrogens with zero attached hydrogens (tertiary/aromatic N) is 1. The molecule has 1 saturated carbocycles. The van der Waals surface area contributed by atoms with Crippen molar-refractivity contribution in [2.24, 2.45) is 5.92 Å². The Morgan fingerprint density at radius 1 is 1.33 bits per heavy atom. The average Bonchev–Trinajstić information content (AvgIpc) is 2.96. The molecule has 6 heteroatoms. The van der Waals surface area contributed by atoms with Gasteiger partial charge in [-0.25, -0.2) is 4.98 Å². The van der Waals surface area contributed by atoms with Gasteiger partial charge in [-0.05, 0) is 55.4 Å². The number of fused-ring (bicyclic) bond motifs is 2. The van der Waals surface area contributed by atoms with Gasteiger partial charge in [-0.2, -0.15) is 0 Å². The maximum Gasteiger partial charge on any atom is 0.184 e. The zero-order chi connectivity index (χ0) is 17.1. The van der Waals surface area contributed by atoms with E-state index in [9.17, 15) is 15.3 Å². The Kier molecular flexibility index (Phi) is 3.54. The lowest BCUT2D eigenvalue weighted by molar-refractivity contribution is -0.137. The van der Waals surface area contributed by atoms with Crippen molar-refractivity contribution in [1.29, 1.82) is 0 Å². The van der Waals surface area contributed by atoms with E-state index >= 15 is 0 Å². The summed E-state index contributed by atoms with van der Waals surface area (Å²) in [6.07, 6.45) is -1.24. The molecule has 24 heavy (non-hydrogen) atoms. The predicted octanol–water partition coefficient (Wildman–Crippen LogP) is 0.887. The largest absolute Gasteiger partial charge is 0.385 e. The quantitative estimate of drug-likeness (QED) is 0.651. The summed E-state index contributed by atoms with van der Waals surface area (Å²) >= 11 is 0. The second-order valence-electron chi connectivity index (χ2n) is 7.10.